The van der Waals surface area contributed by atoms with Gasteiger partial charge in [0.25, 0.3) is 0 Å². The van der Waals surface area contributed by atoms with Gasteiger partial charge in [0.15, 0.2) is 0 Å². The first-order valence-corrected chi connectivity index (χ1v) is 5.98. The average molecular weight is 252 g/mol. The first-order valence-electron chi connectivity index (χ1n) is 5.98. The Balaban J connectivity index is 1.87. The van der Waals surface area contributed by atoms with Crippen LogP contribution >= 0.6 is 0 Å². The number of aryl methyl sites for hydroxylation is 2. The van der Waals surface area contributed by atoms with Crippen LogP contribution in [0.4, 0.5) is 0 Å². The SMILES string of the molecule is Cc1cnc(OC(=O)C2=C3C=CC=C3C=C2)c(C)n1. The normalized spacial score (nSPS) is 15.8. The van der Waals surface area contributed by atoms with Gasteiger partial charge in [0, 0.05) is 0 Å². The van der Waals surface area contributed by atoms with Crippen LogP contribution in [0, 0.1) is 13.8 Å². The van der Waals surface area contributed by atoms with Gasteiger partial charge in [-0.1, -0.05) is 24.3 Å². The van der Waals surface area contributed by atoms with Crippen LogP contribution in [0.2, 0.25) is 0 Å². The summed E-state index contributed by atoms with van der Waals surface area (Å²) in [6.07, 6.45) is 11.0. The van der Waals surface area contributed by atoms with Gasteiger partial charge in [-0.2, -0.15) is 0 Å². The highest BCUT2D eigenvalue weighted by Crippen LogP contribution is 2.30. The molecule has 1 aromatic heterocycles. The van der Waals surface area contributed by atoms with Crippen molar-refractivity contribution < 1.29 is 9.53 Å². The number of hydrogen-bond donors (Lipinski definition) is 0. The van der Waals surface area contributed by atoms with Gasteiger partial charge in [-0.05, 0) is 31.1 Å². The van der Waals surface area contributed by atoms with Crippen LogP contribution in [-0.2, 0) is 4.79 Å². The first kappa shape index (κ1) is 11.6. The Morgan fingerprint density at radius 1 is 1.21 bits per heavy atom. The van der Waals surface area contributed by atoms with E-state index in [1.165, 1.54) is 0 Å². The maximum absolute atomic E-state index is 12.1. The molecule has 3 rings (SSSR count). The van der Waals surface area contributed by atoms with E-state index < -0.39 is 5.97 Å². The van der Waals surface area contributed by atoms with Gasteiger partial charge in [0.1, 0.15) is 5.69 Å². The van der Waals surface area contributed by atoms with Crippen LogP contribution < -0.4 is 4.74 Å². The zero-order chi connectivity index (χ0) is 13.4. The standard InChI is InChI=1S/C15H12N2O2/c1-9-8-16-14(10(2)17-9)19-15(18)13-7-6-11-4-3-5-12(11)13/h3-8H,1-2H3. The summed E-state index contributed by atoms with van der Waals surface area (Å²) in [6.45, 7) is 3.61. The lowest BCUT2D eigenvalue weighted by Gasteiger charge is -2.06. The van der Waals surface area contributed by atoms with Gasteiger partial charge in [-0.25, -0.2) is 9.78 Å². The third-order valence-electron chi connectivity index (χ3n) is 3.00. The van der Waals surface area contributed by atoms with Crippen molar-refractivity contribution in [2.45, 2.75) is 13.8 Å². The predicted octanol–water partition coefficient (Wildman–Crippen LogP) is 2.36. The molecular formula is C15H12N2O2. The molecule has 19 heavy (non-hydrogen) atoms. The van der Waals surface area contributed by atoms with Crippen LogP contribution in [0.3, 0.4) is 0 Å². The van der Waals surface area contributed by atoms with E-state index in [0.29, 0.717) is 11.3 Å². The number of allylic oxidation sites excluding steroid dienone is 6. The highest BCUT2D eigenvalue weighted by molar-refractivity contribution is 5.98. The molecule has 94 valence electrons. The molecule has 0 bridgehead atoms. The van der Waals surface area contributed by atoms with Crippen LogP contribution in [0.5, 0.6) is 5.88 Å². The lowest BCUT2D eigenvalue weighted by atomic mass is 10.1. The molecule has 0 fully saturated rings. The number of aromatic nitrogens is 2. The van der Waals surface area contributed by atoms with Gasteiger partial charge >= 0.3 is 5.97 Å². The molecular weight excluding hydrogens is 240 g/mol. The van der Waals surface area contributed by atoms with Crippen molar-refractivity contribution >= 4 is 5.97 Å². The minimum Gasteiger partial charge on any atom is -0.402 e. The molecule has 4 heteroatoms. The Hall–Kier alpha value is -2.49. The zero-order valence-electron chi connectivity index (χ0n) is 10.7. The van der Waals surface area contributed by atoms with E-state index in [-0.39, 0.29) is 5.88 Å². The molecule has 0 atom stereocenters. The lowest BCUT2D eigenvalue weighted by Crippen LogP contribution is -2.13. The number of ether oxygens (including phenoxy) is 1. The van der Waals surface area contributed by atoms with E-state index in [1.807, 2.05) is 31.2 Å². The second-order valence-electron chi connectivity index (χ2n) is 4.43. The fourth-order valence-corrected chi connectivity index (χ4v) is 2.10. The minimum absolute atomic E-state index is 0.261. The van der Waals surface area contributed by atoms with Crippen molar-refractivity contribution in [3.63, 3.8) is 0 Å². The maximum Gasteiger partial charge on any atom is 0.345 e. The molecule has 0 unspecified atom stereocenters. The second kappa shape index (κ2) is 4.31. The Labute approximate surface area is 110 Å². The maximum atomic E-state index is 12.1. The Morgan fingerprint density at radius 3 is 2.84 bits per heavy atom. The molecule has 0 saturated carbocycles. The smallest absolute Gasteiger partial charge is 0.345 e. The van der Waals surface area contributed by atoms with Gasteiger partial charge in [0.05, 0.1) is 17.5 Å². The summed E-state index contributed by atoms with van der Waals surface area (Å²) in [6, 6.07) is 0. The molecule has 1 aromatic rings. The largest absolute Gasteiger partial charge is 0.402 e. The number of carbonyl (C=O) groups excluding carboxylic acids is 1. The summed E-state index contributed by atoms with van der Waals surface area (Å²) >= 11 is 0. The minimum atomic E-state index is -0.401. The summed E-state index contributed by atoms with van der Waals surface area (Å²) in [5.41, 5.74) is 3.91. The van der Waals surface area contributed by atoms with Crippen molar-refractivity contribution in [2.75, 3.05) is 0 Å². The fourth-order valence-electron chi connectivity index (χ4n) is 2.10. The number of fused-ring (bicyclic) bond motifs is 1. The summed E-state index contributed by atoms with van der Waals surface area (Å²) < 4.78 is 5.31. The van der Waals surface area contributed by atoms with Crippen molar-refractivity contribution in [3.05, 3.63) is 64.7 Å². The van der Waals surface area contributed by atoms with Crippen molar-refractivity contribution in [1.29, 1.82) is 0 Å². The highest BCUT2D eigenvalue weighted by Gasteiger charge is 2.22. The summed E-state index contributed by atoms with van der Waals surface area (Å²) in [4.78, 5) is 20.4. The van der Waals surface area contributed by atoms with E-state index in [0.717, 1.165) is 16.8 Å². The highest BCUT2D eigenvalue weighted by atomic mass is 16.5. The number of nitrogens with zero attached hydrogens (tertiary/aromatic N) is 2. The monoisotopic (exact) mass is 252 g/mol. The van der Waals surface area contributed by atoms with E-state index in [2.05, 4.69) is 9.97 Å². The summed E-state index contributed by atoms with van der Waals surface area (Å²) in [5, 5.41) is 0. The van der Waals surface area contributed by atoms with Crippen molar-refractivity contribution in [1.82, 2.24) is 9.97 Å². The van der Waals surface area contributed by atoms with E-state index in [4.69, 9.17) is 4.74 Å². The molecule has 0 spiro atoms. The third kappa shape index (κ3) is 2.01. The van der Waals surface area contributed by atoms with Gasteiger partial charge in [-0.3, -0.25) is 4.98 Å². The molecule has 0 radical (unpaired) electrons. The van der Waals surface area contributed by atoms with E-state index >= 15 is 0 Å². The molecule has 2 aliphatic carbocycles. The summed E-state index contributed by atoms with van der Waals surface area (Å²) in [5.74, 6) is -0.140. The molecule has 0 aliphatic heterocycles. The summed E-state index contributed by atoms with van der Waals surface area (Å²) in [7, 11) is 0. The Bertz CT molecular complexity index is 694. The van der Waals surface area contributed by atoms with Crippen LogP contribution in [0.1, 0.15) is 11.4 Å². The fraction of sp³-hybridized carbons (Fsp3) is 0.133. The first-order chi connectivity index (χ1) is 9.15. The van der Waals surface area contributed by atoms with Gasteiger partial charge in [-0.15, -0.1) is 0 Å². The lowest BCUT2D eigenvalue weighted by molar-refractivity contribution is -0.130. The van der Waals surface area contributed by atoms with Gasteiger partial charge < -0.3 is 4.74 Å². The molecule has 1 heterocycles. The van der Waals surface area contributed by atoms with Crippen LogP contribution in [0.25, 0.3) is 0 Å². The Kier molecular flexibility index (Phi) is 2.63. The molecule has 0 amide bonds. The topological polar surface area (TPSA) is 52.1 Å². The number of hydrogen-bond acceptors (Lipinski definition) is 4. The van der Waals surface area contributed by atoms with Gasteiger partial charge in [0.2, 0.25) is 5.88 Å². The molecule has 4 nitrogen and oxygen atoms in total. The van der Waals surface area contributed by atoms with Crippen molar-refractivity contribution in [3.8, 4) is 5.88 Å². The van der Waals surface area contributed by atoms with Crippen molar-refractivity contribution in [2.24, 2.45) is 0 Å². The van der Waals surface area contributed by atoms with E-state index in [9.17, 15) is 4.79 Å². The number of rotatable bonds is 2. The zero-order valence-corrected chi connectivity index (χ0v) is 10.7. The number of carbonyl (C=O) groups is 1. The quantitative estimate of drug-likeness (QED) is 0.758. The second-order valence-corrected chi connectivity index (χ2v) is 4.43. The van der Waals surface area contributed by atoms with Crippen LogP contribution in [-0.4, -0.2) is 15.9 Å². The van der Waals surface area contributed by atoms with Crippen LogP contribution in [0.15, 0.2) is 53.3 Å². The molecule has 2 aliphatic rings. The Morgan fingerprint density at radius 2 is 2.05 bits per heavy atom. The predicted molar refractivity (Wildman–Crippen MR) is 70.5 cm³/mol. The molecule has 0 saturated heterocycles. The third-order valence-corrected chi connectivity index (χ3v) is 3.00. The number of esters is 1. The van der Waals surface area contributed by atoms with E-state index in [1.54, 1.807) is 19.2 Å². The molecule has 0 aromatic carbocycles. The molecule has 0 N–H and O–H groups in total. The average Bonchev–Trinajstić information content (AvgIpc) is 2.94.